The fraction of sp³-hybridized carbons (Fsp3) is 0.667. The molecule has 142 valence electrons. The minimum atomic E-state index is 0.109. The molecule has 0 bridgehead atoms. The highest BCUT2D eigenvalue weighted by atomic mass is 16.5. The molecular formula is C21H31N3O2. The summed E-state index contributed by atoms with van der Waals surface area (Å²) in [4.78, 5) is 16.8. The largest absolute Gasteiger partial charge is 0.483 e. The van der Waals surface area contributed by atoms with Crippen molar-refractivity contribution >= 4 is 5.91 Å². The average Bonchev–Trinajstić information content (AvgIpc) is 3.39. The van der Waals surface area contributed by atoms with Crippen LogP contribution in [0.3, 0.4) is 0 Å². The number of amides is 1. The summed E-state index contributed by atoms with van der Waals surface area (Å²) in [5.74, 6) is 0.945. The first-order valence-electron chi connectivity index (χ1n) is 10.3. The number of likely N-dealkylation sites (tertiary alicyclic amines) is 2. The summed E-state index contributed by atoms with van der Waals surface area (Å²) in [5, 5.41) is 3.70. The number of nitrogens with one attached hydrogen (secondary N) is 1. The molecule has 3 aliphatic rings. The standard InChI is InChI=1S/C21H31N3O2/c25-21(24-11-3-4-12-24)16-26-20-6-2-1-5-17(20)15-22-18-9-13-23(14-10-18)19-7-8-19/h1-2,5-6,18-19,22H,3-4,7-16H2. The lowest BCUT2D eigenvalue weighted by atomic mass is 10.0. The zero-order valence-corrected chi connectivity index (χ0v) is 15.7. The van der Waals surface area contributed by atoms with E-state index in [1.165, 1.54) is 38.8 Å². The van der Waals surface area contributed by atoms with Crippen LogP contribution in [0, 0.1) is 0 Å². The number of rotatable bonds is 7. The van der Waals surface area contributed by atoms with Crippen molar-refractivity contribution in [3.05, 3.63) is 29.8 Å². The smallest absolute Gasteiger partial charge is 0.260 e. The van der Waals surface area contributed by atoms with Crippen LogP contribution in [0.25, 0.3) is 0 Å². The van der Waals surface area contributed by atoms with Crippen molar-refractivity contribution in [3.63, 3.8) is 0 Å². The van der Waals surface area contributed by atoms with E-state index in [1.807, 2.05) is 23.1 Å². The lowest BCUT2D eigenvalue weighted by Gasteiger charge is -2.32. The van der Waals surface area contributed by atoms with Crippen molar-refractivity contribution < 1.29 is 9.53 Å². The molecule has 4 rings (SSSR count). The zero-order chi connectivity index (χ0) is 17.8. The molecule has 2 saturated heterocycles. The molecule has 26 heavy (non-hydrogen) atoms. The van der Waals surface area contributed by atoms with Crippen molar-refractivity contribution in [1.29, 1.82) is 0 Å². The van der Waals surface area contributed by atoms with Crippen LogP contribution in [-0.2, 0) is 11.3 Å². The molecule has 5 heteroatoms. The van der Waals surface area contributed by atoms with Gasteiger partial charge < -0.3 is 19.9 Å². The Bertz CT molecular complexity index is 603. The second-order valence-corrected chi connectivity index (χ2v) is 7.91. The van der Waals surface area contributed by atoms with Crippen LogP contribution in [-0.4, -0.2) is 60.6 Å². The highest BCUT2D eigenvalue weighted by Crippen LogP contribution is 2.29. The first-order chi connectivity index (χ1) is 12.8. The van der Waals surface area contributed by atoms with E-state index in [0.717, 1.165) is 49.8 Å². The molecule has 5 nitrogen and oxygen atoms in total. The van der Waals surface area contributed by atoms with Gasteiger partial charge in [0.15, 0.2) is 6.61 Å². The Balaban J connectivity index is 1.25. The summed E-state index contributed by atoms with van der Waals surface area (Å²) < 4.78 is 5.87. The third kappa shape index (κ3) is 4.57. The molecule has 1 aromatic carbocycles. The van der Waals surface area contributed by atoms with Gasteiger partial charge in [-0.3, -0.25) is 4.79 Å². The van der Waals surface area contributed by atoms with E-state index in [1.54, 1.807) is 0 Å². The summed E-state index contributed by atoms with van der Waals surface area (Å²) in [6.07, 6.45) is 7.50. The van der Waals surface area contributed by atoms with Crippen LogP contribution in [0.15, 0.2) is 24.3 Å². The summed E-state index contributed by atoms with van der Waals surface area (Å²) in [6.45, 7) is 5.17. The normalized spacial score (nSPS) is 21.9. The molecule has 1 saturated carbocycles. The van der Waals surface area contributed by atoms with E-state index in [9.17, 15) is 4.79 Å². The van der Waals surface area contributed by atoms with Gasteiger partial charge >= 0.3 is 0 Å². The first kappa shape index (κ1) is 17.8. The highest BCUT2D eigenvalue weighted by Gasteiger charge is 2.31. The van der Waals surface area contributed by atoms with Gasteiger partial charge in [-0.1, -0.05) is 18.2 Å². The number of carbonyl (C=O) groups excluding carboxylic acids is 1. The summed E-state index contributed by atoms with van der Waals surface area (Å²) in [6, 6.07) is 9.57. The molecule has 0 spiro atoms. The van der Waals surface area contributed by atoms with E-state index < -0.39 is 0 Å². The molecule has 1 N–H and O–H groups in total. The van der Waals surface area contributed by atoms with E-state index in [-0.39, 0.29) is 12.5 Å². The number of hydrogen-bond acceptors (Lipinski definition) is 4. The first-order valence-corrected chi connectivity index (χ1v) is 10.3. The van der Waals surface area contributed by atoms with E-state index in [2.05, 4.69) is 16.3 Å². The molecule has 1 aliphatic carbocycles. The summed E-state index contributed by atoms with van der Waals surface area (Å²) >= 11 is 0. The topological polar surface area (TPSA) is 44.8 Å². The van der Waals surface area contributed by atoms with E-state index in [0.29, 0.717) is 6.04 Å². The molecule has 3 fully saturated rings. The van der Waals surface area contributed by atoms with Gasteiger partial charge in [-0.15, -0.1) is 0 Å². The maximum atomic E-state index is 12.2. The predicted molar refractivity (Wildman–Crippen MR) is 102 cm³/mol. The molecule has 2 heterocycles. The van der Waals surface area contributed by atoms with Crippen LogP contribution in [0.1, 0.15) is 44.1 Å². The minimum Gasteiger partial charge on any atom is -0.483 e. The zero-order valence-electron chi connectivity index (χ0n) is 15.7. The van der Waals surface area contributed by atoms with Crippen molar-refractivity contribution in [3.8, 4) is 5.75 Å². The van der Waals surface area contributed by atoms with Crippen LogP contribution in [0.2, 0.25) is 0 Å². The molecule has 0 aromatic heterocycles. The SMILES string of the molecule is O=C(COc1ccccc1CNC1CCN(C2CC2)CC1)N1CCCC1. The van der Waals surface area contributed by atoms with Gasteiger partial charge in [-0.25, -0.2) is 0 Å². The van der Waals surface area contributed by atoms with Crippen LogP contribution < -0.4 is 10.1 Å². The van der Waals surface area contributed by atoms with Crippen molar-refractivity contribution in [2.24, 2.45) is 0 Å². The van der Waals surface area contributed by atoms with Crippen molar-refractivity contribution in [2.45, 2.75) is 57.2 Å². The molecule has 2 aliphatic heterocycles. The number of benzene rings is 1. The highest BCUT2D eigenvalue weighted by molar-refractivity contribution is 5.78. The Kier molecular flexibility index (Phi) is 5.75. The third-order valence-electron chi connectivity index (χ3n) is 5.96. The van der Waals surface area contributed by atoms with Crippen molar-refractivity contribution in [1.82, 2.24) is 15.1 Å². The van der Waals surface area contributed by atoms with Gasteiger partial charge in [0.2, 0.25) is 0 Å². The van der Waals surface area contributed by atoms with Gasteiger partial charge in [0.1, 0.15) is 5.75 Å². The summed E-state index contributed by atoms with van der Waals surface area (Å²) in [7, 11) is 0. The number of piperidine rings is 1. The fourth-order valence-electron chi connectivity index (χ4n) is 4.15. The Morgan fingerprint density at radius 2 is 1.77 bits per heavy atom. The van der Waals surface area contributed by atoms with E-state index >= 15 is 0 Å². The van der Waals surface area contributed by atoms with Gasteiger partial charge in [0.25, 0.3) is 5.91 Å². The third-order valence-corrected chi connectivity index (χ3v) is 5.96. The van der Waals surface area contributed by atoms with Gasteiger partial charge in [-0.05, 0) is 57.7 Å². The quantitative estimate of drug-likeness (QED) is 0.814. The van der Waals surface area contributed by atoms with Gasteiger partial charge in [0.05, 0.1) is 0 Å². The Labute approximate surface area is 156 Å². The fourth-order valence-corrected chi connectivity index (χ4v) is 4.15. The molecule has 0 unspecified atom stereocenters. The monoisotopic (exact) mass is 357 g/mol. The second-order valence-electron chi connectivity index (χ2n) is 7.91. The Hall–Kier alpha value is -1.59. The second kappa shape index (κ2) is 8.40. The lowest BCUT2D eigenvalue weighted by molar-refractivity contribution is -0.132. The molecule has 0 radical (unpaired) electrons. The maximum Gasteiger partial charge on any atom is 0.260 e. The molecular weight excluding hydrogens is 326 g/mol. The van der Waals surface area contributed by atoms with E-state index in [4.69, 9.17) is 4.74 Å². The number of para-hydroxylation sites is 1. The maximum absolute atomic E-state index is 12.2. The van der Waals surface area contributed by atoms with Crippen LogP contribution in [0.4, 0.5) is 0 Å². The minimum absolute atomic E-state index is 0.109. The predicted octanol–water partition coefficient (Wildman–Crippen LogP) is 2.40. The van der Waals surface area contributed by atoms with Gasteiger partial charge in [0, 0.05) is 37.3 Å². The number of nitrogens with zero attached hydrogens (tertiary/aromatic N) is 2. The molecule has 0 atom stereocenters. The van der Waals surface area contributed by atoms with Gasteiger partial charge in [-0.2, -0.15) is 0 Å². The average molecular weight is 357 g/mol. The molecule has 1 aromatic rings. The molecule has 1 amide bonds. The van der Waals surface area contributed by atoms with Crippen molar-refractivity contribution in [2.75, 3.05) is 32.8 Å². The number of ether oxygens (including phenoxy) is 1. The van der Waals surface area contributed by atoms with Crippen LogP contribution >= 0.6 is 0 Å². The van der Waals surface area contributed by atoms with Crippen LogP contribution in [0.5, 0.6) is 5.75 Å². The number of carbonyl (C=O) groups is 1. The Morgan fingerprint density at radius 1 is 1.04 bits per heavy atom. The Morgan fingerprint density at radius 3 is 2.50 bits per heavy atom. The number of hydrogen-bond donors (Lipinski definition) is 1. The summed E-state index contributed by atoms with van der Waals surface area (Å²) in [5.41, 5.74) is 1.14. The lowest BCUT2D eigenvalue weighted by Crippen LogP contribution is -2.43.